The molecule has 3 rings (SSSR count). The van der Waals surface area contributed by atoms with Crippen LogP contribution in [0, 0.1) is 6.92 Å². The Labute approximate surface area is 107 Å². The van der Waals surface area contributed by atoms with Crippen molar-refractivity contribution in [1.82, 2.24) is 19.9 Å². The monoisotopic (exact) mass is 245 g/mol. The van der Waals surface area contributed by atoms with E-state index in [1.54, 1.807) is 0 Å². The zero-order chi connectivity index (χ0) is 12.5. The second-order valence-electron chi connectivity index (χ2n) is 4.85. The van der Waals surface area contributed by atoms with E-state index in [1.165, 1.54) is 12.0 Å². The third-order valence-electron chi connectivity index (χ3n) is 3.55. The summed E-state index contributed by atoms with van der Waals surface area (Å²) in [7, 11) is 0. The number of fused-ring (bicyclic) bond motifs is 1. The van der Waals surface area contributed by atoms with E-state index in [-0.39, 0.29) is 0 Å². The van der Waals surface area contributed by atoms with E-state index in [0.717, 1.165) is 31.2 Å². The summed E-state index contributed by atoms with van der Waals surface area (Å²) in [6.07, 6.45) is 3.14. The molecule has 1 N–H and O–H groups in total. The molecule has 1 fully saturated rings. The Morgan fingerprint density at radius 2 is 2.44 bits per heavy atom. The van der Waals surface area contributed by atoms with Crippen LogP contribution in [0.25, 0.3) is 5.65 Å². The lowest BCUT2D eigenvalue weighted by molar-refractivity contribution is 0.631. The highest BCUT2D eigenvalue weighted by molar-refractivity contribution is 5.47. The molecule has 1 unspecified atom stereocenters. The maximum atomic E-state index is 4.64. The molecule has 0 saturated carbocycles. The van der Waals surface area contributed by atoms with Gasteiger partial charge in [-0.25, -0.2) is 4.52 Å². The molecule has 1 aliphatic rings. The predicted molar refractivity (Wildman–Crippen MR) is 72.0 cm³/mol. The number of nitrogens with one attached hydrogen (secondary N) is 1. The summed E-state index contributed by atoms with van der Waals surface area (Å²) >= 11 is 0. The molecule has 1 saturated heterocycles. The first-order valence-electron chi connectivity index (χ1n) is 6.58. The maximum Gasteiger partial charge on any atom is 0.245 e. The largest absolute Gasteiger partial charge is 0.335 e. The molecule has 2 aromatic heterocycles. The number of rotatable bonds is 3. The lowest BCUT2D eigenvalue weighted by Crippen LogP contribution is -2.37. The molecule has 96 valence electrons. The third-order valence-corrected chi connectivity index (χ3v) is 3.55. The molecular weight excluding hydrogens is 226 g/mol. The van der Waals surface area contributed by atoms with E-state index >= 15 is 0 Å². The van der Waals surface area contributed by atoms with E-state index in [0.29, 0.717) is 6.04 Å². The second-order valence-corrected chi connectivity index (χ2v) is 4.85. The van der Waals surface area contributed by atoms with Gasteiger partial charge in [0.05, 0.1) is 0 Å². The van der Waals surface area contributed by atoms with Gasteiger partial charge >= 0.3 is 0 Å². The van der Waals surface area contributed by atoms with Crippen molar-refractivity contribution >= 4 is 11.6 Å². The molecule has 5 nitrogen and oxygen atoms in total. The van der Waals surface area contributed by atoms with E-state index in [2.05, 4.69) is 46.3 Å². The van der Waals surface area contributed by atoms with Crippen LogP contribution < -0.4 is 10.2 Å². The number of pyridine rings is 1. The van der Waals surface area contributed by atoms with E-state index < -0.39 is 0 Å². The fourth-order valence-corrected chi connectivity index (χ4v) is 2.56. The summed E-state index contributed by atoms with van der Waals surface area (Å²) < 4.78 is 1.85. The maximum absolute atomic E-state index is 4.64. The molecule has 0 bridgehead atoms. The van der Waals surface area contributed by atoms with Crippen molar-refractivity contribution < 1.29 is 0 Å². The summed E-state index contributed by atoms with van der Waals surface area (Å²) in [5.41, 5.74) is 2.14. The fourth-order valence-electron chi connectivity index (χ4n) is 2.56. The minimum atomic E-state index is 0.522. The summed E-state index contributed by atoms with van der Waals surface area (Å²) in [4.78, 5) is 6.93. The topological polar surface area (TPSA) is 45.5 Å². The van der Waals surface area contributed by atoms with Gasteiger partial charge in [0.25, 0.3) is 0 Å². The average Bonchev–Trinajstić information content (AvgIpc) is 2.98. The number of nitrogens with zero attached hydrogens (tertiary/aromatic N) is 4. The summed E-state index contributed by atoms with van der Waals surface area (Å²) in [5, 5.41) is 7.97. The first-order chi connectivity index (χ1) is 8.78. The minimum Gasteiger partial charge on any atom is -0.335 e. The van der Waals surface area contributed by atoms with Crippen molar-refractivity contribution in [3.05, 3.63) is 23.9 Å². The van der Waals surface area contributed by atoms with Crippen LogP contribution >= 0.6 is 0 Å². The lowest BCUT2D eigenvalue weighted by Gasteiger charge is -2.25. The number of aryl methyl sites for hydroxylation is 1. The first kappa shape index (κ1) is 11.5. The summed E-state index contributed by atoms with van der Waals surface area (Å²) in [6, 6.07) is 4.64. The lowest BCUT2D eigenvalue weighted by atomic mass is 10.2. The van der Waals surface area contributed by atoms with E-state index in [9.17, 15) is 0 Å². The molecule has 3 heterocycles. The molecule has 1 aliphatic heterocycles. The molecule has 1 atom stereocenters. The molecular formula is C13H19N5. The normalized spacial score (nSPS) is 19.6. The molecule has 0 radical (unpaired) electrons. The summed E-state index contributed by atoms with van der Waals surface area (Å²) in [6.45, 7) is 7.31. The van der Waals surface area contributed by atoms with Gasteiger partial charge in [0, 0.05) is 25.3 Å². The van der Waals surface area contributed by atoms with Crippen LogP contribution in [0.3, 0.4) is 0 Å². The Bertz CT molecular complexity index is 541. The standard InChI is InChI=1S/C13H19N5/c1-3-17(11-4-6-14-9-11)13-15-12-8-10(2)5-7-18(12)16-13/h5,7-8,11,14H,3-4,6,9H2,1-2H3. The number of anilines is 1. The Hall–Kier alpha value is -1.62. The van der Waals surface area contributed by atoms with Crippen molar-refractivity contribution in [1.29, 1.82) is 0 Å². The number of aromatic nitrogens is 3. The van der Waals surface area contributed by atoms with Crippen LogP contribution in [0.1, 0.15) is 18.9 Å². The van der Waals surface area contributed by atoms with E-state index in [1.807, 2.05) is 10.7 Å². The Morgan fingerprint density at radius 3 is 3.17 bits per heavy atom. The zero-order valence-corrected chi connectivity index (χ0v) is 10.9. The van der Waals surface area contributed by atoms with Gasteiger partial charge in [-0.1, -0.05) is 0 Å². The average molecular weight is 245 g/mol. The zero-order valence-electron chi connectivity index (χ0n) is 10.9. The SMILES string of the molecule is CCN(c1nc2cc(C)ccn2n1)C1CCNC1. The summed E-state index contributed by atoms with van der Waals surface area (Å²) in [5.74, 6) is 0.844. The minimum absolute atomic E-state index is 0.522. The Morgan fingerprint density at radius 1 is 1.56 bits per heavy atom. The van der Waals surface area contributed by atoms with Crippen molar-refractivity contribution in [2.24, 2.45) is 0 Å². The smallest absolute Gasteiger partial charge is 0.245 e. The predicted octanol–water partition coefficient (Wildman–Crippen LogP) is 1.23. The van der Waals surface area contributed by atoms with Crippen molar-refractivity contribution in [2.45, 2.75) is 26.3 Å². The Kier molecular flexibility index (Phi) is 2.91. The number of hydrogen-bond donors (Lipinski definition) is 1. The third kappa shape index (κ3) is 1.95. The van der Waals surface area contributed by atoms with Gasteiger partial charge in [-0.2, -0.15) is 4.98 Å². The van der Waals surface area contributed by atoms with Crippen LogP contribution in [0.5, 0.6) is 0 Å². The molecule has 0 aromatic carbocycles. The fraction of sp³-hybridized carbons (Fsp3) is 0.538. The van der Waals surface area contributed by atoms with Gasteiger partial charge in [-0.3, -0.25) is 0 Å². The van der Waals surface area contributed by atoms with Crippen molar-refractivity contribution in [2.75, 3.05) is 24.5 Å². The molecule has 5 heteroatoms. The van der Waals surface area contributed by atoms with Crippen LogP contribution in [0.2, 0.25) is 0 Å². The molecule has 2 aromatic rings. The molecule has 18 heavy (non-hydrogen) atoms. The van der Waals surface area contributed by atoms with Crippen LogP contribution in [-0.2, 0) is 0 Å². The first-order valence-corrected chi connectivity index (χ1v) is 6.58. The number of hydrogen-bond acceptors (Lipinski definition) is 4. The van der Waals surface area contributed by atoms with Crippen molar-refractivity contribution in [3.63, 3.8) is 0 Å². The highest BCUT2D eigenvalue weighted by Gasteiger charge is 2.24. The second kappa shape index (κ2) is 4.57. The Balaban J connectivity index is 1.96. The van der Waals surface area contributed by atoms with Crippen LogP contribution in [0.4, 0.5) is 5.95 Å². The number of likely N-dealkylation sites (N-methyl/N-ethyl adjacent to an activating group) is 1. The molecule has 0 aliphatic carbocycles. The van der Waals surface area contributed by atoms with Crippen molar-refractivity contribution in [3.8, 4) is 0 Å². The van der Waals surface area contributed by atoms with Gasteiger partial charge in [0.15, 0.2) is 5.65 Å². The highest BCUT2D eigenvalue weighted by Crippen LogP contribution is 2.17. The van der Waals surface area contributed by atoms with Crippen LogP contribution in [-0.4, -0.2) is 40.3 Å². The molecule has 0 spiro atoms. The van der Waals surface area contributed by atoms with Crippen LogP contribution in [0.15, 0.2) is 18.3 Å². The van der Waals surface area contributed by atoms with Gasteiger partial charge in [-0.15, -0.1) is 5.10 Å². The molecule has 0 amide bonds. The quantitative estimate of drug-likeness (QED) is 0.883. The van der Waals surface area contributed by atoms with E-state index in [4.69, 9.17) is 0 Å². The van der Waals surface area contributed by atoms with Gasteiger partial charge < -0.3 is 10.2 Å². The highest BCUT2D eigenvalue weighted by atomic mass is 15.4. The van der Waals surface area contributed by atoms with Gasteiger partial charge in [0.1, 0.15) is 0 Å². The van der Waals surface area contributed by atoms with Gasteiger partial charge in [0.2, 0.25) is 5.95 Å². The van der Waals surface area contributed by atoms with Gasteiger partial charge in [-0.05, 0) is 44.5 Å².